The largest absolute Gasteiger partial charge is 0.472 e. The van der Waals surface area contributed by atoms with E-state index in [-0.39, 0.29) is 25.7 Å². The first-order valence-electron chi connectivity index (χ1n) is 41.5. The van der Waals surface area contributed by atoms with Crippen molar-refractivity contribution < 1.29 is 80.2 Å². The SMILES string of the molecule is CC/C=C\C/C=C\C/C=C\C/C=C\CCCCCCCCC(=O)OCC(COP(=O)(O)OCC(O)COP(=O)(O)OCC(COC(=O)CCCCCCC/C=C\CCCCCCCC)OC(=O)CCCCCCCCCCCCCCC)OC(=O)CCCCCCCCC/C=C\C/C=C\C/C=C\CC. The molecule has 104 heavy (non-hydrogen) atoms. The Kier molecular flexibility index (Phi) is 74.2. The molecule has 0 spiro atoms. The molecule has 0 aromatic rings. The summed E-state index contributed by atoms with van der Waals surface area (Å²) in [5.74, 6) is -2.18. The minimum absolute atomic E-state index is 0.0804. The minimum atomic E-state index is -4.98. The quantitative estimate of drug-likeness (QED) is 0.0169. The molecule has 0 rings (SSSR count). The Morgan fingerprint density at radius 3 is 0.779 bits per heavy atom. The van der Waals surface area contributed by atoms with Gasteiger partial charge in [-0.2, -0.15) is 0 Å². The molecule has 0 fully saturated rings. The van der Waals surface area contributed by atoms with Gasteiger partial charge in [0.15, 0.2) is 12.2 Å². The fraction of sp³-hybridized carbons (Fsp3) is 0.765. The molecule has 0 amide bonds. The molecular weight excluding hydrogens is 1350 g/mol. The Morgan fingerprint density at radius 2 is 0.500 bits per heavy atom. The monoisotopic (exact) mass is 1510 g/mol. The first-order valence-corrected chi connectivity index (χ1v) is 44.5. The van der Waals surface area contributed by atoms with Crippen LogP contribution >= 0.6 is 15.6 Å². The number of hydrogen-bond acceptors (Lipinski definition) is 15. The van der Waals surface area contributed by atoms with Crippen LogP contribution < -0.4 is 0 Å². The van der Waals surface area contributed by atoms with Crippen LogP contribution in [0, 0.1) is 0 Å². The molecule has 0 aliphatic carbocycles. The van der Waals surface area contributed by atoms with E-state index >= 15 is 0 Å². The Hall–Kier alpha value is -4.02. The van der Waals surface area contributed by atoms with Crippen molar-refractivity contribution in [2.75, 3.05) is 39.6 Å². The predicted octanol–water partition coefficient (Wildman–Crippen LogP) is 24.3. The van der Waals surface area contributed by atoms with Crippen LogP contribution in [0.5, 0.6) is 0 Å². The van der Waals surface area contributed by atoms with Crippen LogP contribution in [0.3, 0.4) is 0 Å². The van der Waals surface area contributed by atoms with Gasteiger partial charge in [-0.05, 0) is 122 Å². The second-order valence-corrected chi connectivity index (χ2v) is 30.6. The lowest BCUT2D eigenvalue weighted by Crippen LogP contribution is -2.30. The minimum Gasteiger partial charge on any atom is -0.462 e. The molecule has 0 bridgehead atoms. The number of carbonyl (C=O) groups is 4. The van der Waals surface area contributed by atoms with Gasteiger partial charge in [0.2, 0.25) is 0 Å². The highest BCUT2D eigenvalue weighted by atomic mass is 31.2. The number of rotatable bonds is 78. The normalized spacial score (nSPS) is 14.3. The average Bonchev–Trinajstić information content (AvgIpc) is 0.911. The van der Waals surface area contributed by atoms with Gasteiger partial charge in [-0.3, -0.25) is 37.3 Å². The Bertz CT molecular complexity index is 2350. The Balaban J connectivity index is 5.36. The number of hydrogen-bond donors (Lipinski definition) is 3. The maximum Gasteiger partial charge on any atom is 0.472 e. The van der Waals surface area contributed by atoms with E-state index in [9.17, 15) is 43.2 Å². The van der Waals surface area contributed by atoms with Crippen molar-refractivity contribution in [2.24, 2.45) is 0 Å². The van der Waals surface area contributed by atoms with E-state index in [0.717, 1.165) is 193 Å². The number of aliphatic hydroxyl groups excluding tert-OH is 1. The number of carbonyl (C=O) groups excluding carboxylic acids is 4. The average molecular weight is 1510 g/mol. The molecule has 0 saturated carbocycles. The fourth-order valence-corrected chi connectivity index (χ4v) is 12.9. The van der Waals surface area contributed by atoms with Crippen LogP contribution in [0.2, 0.25) is 0 Å². The number of esters is 4. The first kappa shape index (κ1) is 100.0. The molecule has 0 aromatic heterocycles. The molecule has 0 aliphatic heterocycles. The molecule has 5 unspecified atom stereocenters. The van der Waals surface area contributed by atoms with Gasteiger partial charge in [0.25, 0.3) is 0 Å². The molecule has 17 nitrogen and oxygen atoms in total. The number of unbranched alkanes of at least 4 members (excludes halogenated alkanes) is 36. The smallest absolute Gasteiger partial charge is 0.462 e. The van der Waals surface area contributed by atoms with Crippen LogP contribution in [0.4, 0.5) is 0 Å². The van der Waals surface area contributed by atoms with Gasteiger partial charge in [-0.15, -0.1) is 0 Å². The van der Waals surface area contributed by atoms with Gasteiger partial charge in [-0.1, -0.05) is 311 Å². The Morgan fingerprint density at radius 1 is 0.279 bits per heavy atom. The highest BCUT2D eigenvalue weighted by molar-refractivity contribution is 7.47. The molecule has 0 radical (unpaired) electrons. The Labute approximate surface area is 633 Å². The second-order valence-electron chi connectivity index (χ2n) is 27.7. The molecule has 0 aromatic carbocycles. The lowest BCUT2D eigenvalue weighted by atomic mass is 10.0. The van der Waals surface area contributed by atoms with Crippen molar-refractivity contribution in [1.82, 2.24) is 0 Å². The summed E-state index contributed by atoms with van der Waals surface area (Å²) < 4.78 is 68.7. The van der Waals surface area contributed by atoms with Crippen LogP contribution in [-0.2, 0) is 65.4 Å². The summed E-state index contributed by atoms with van der Waals surface area (Å²) >= 11 is 0. The number of phosphoric acid groups is 2. The van der Waals surface area contributed by atoms with Gasteiger partial charge < -0.3 is 33.8 Å². The van der Waals surface area contributed by atoms with E-state index < -0.39 is 97.5 Å². The van der Waals surface area contributed by atoms with E-state index in [0.29, 0.717) is 25.7 Å². The van der Waals surface area contributed by atoms with Crippen LogP contribution in [-0.4, -0.2) is 96.7 Å². The summed E-state index contributed by atoms with van der Waals surface area (Å²) in [6.45, 7) is 4.67. The third-order valence-corrected chi connectivity index (χ3v) is 19.4. The predicted molar refractivity (Wildman–Crippen MR) is 427 cm³/mol. The van der Waals surface area contributed by atoms with Gasteiger partial charge in [0.1, 0.15) is 19.3 Å². The topological polar surface area (TPSA) is 237 Å². The maximum absolute atomic E-state index is 13.1. The summed E-state index contributed by atoms with van der Waals surface area (Å²) in [6, 6.07) is 0. The highest BCUT2D eigenvalue weighted by Gasteiger charge is 2.30. The molecule has 19 heteroatoms. The number of ether oxygens (including phenoxy) is 4. The zero-order valence-electron chi connectivity index (χ0n) is 65.9. The number of aliphatic hydroxyl groups is 1. The maximum atomic E-state index is 13.1. The van der Waals surface area contributed by atoms with Gasteiger partial charge in [0, 0.05) is 25.7 Å². The first-order chi connectivity index (χ1) is 50.7. The summed E-state index contributed by atoms with van der Waals surface area (Å²) in [6.07, 6.45) is 82.3. The second kappa shape index (κ2) is 77.1. The van der Waals surface area contributed by atoms with Crippen molar-refractivity contribution in [2.45, 2.75) is 380 Å². The summed E-state index contributed by atoms with van der Waals surface area (Å²) in [7, 11) is -9.96. The third kappa shape index (κ3) is 76.2. The summed E-state index contributed by atoms with van der Waals surface area (Å²) in [5, 5.41) is 10.7. The van der Waals surface area contributed by atoms with Gasteiger partial charge in [0.05, 0.1) is 26.4 Å². The van der Waals surface area contributed by atoms with Crippen LogP contribution in [0.1, 0.15) is 362 Å². The fourth-order valence-electron chi connectivity index (χ4n) is 11.3. The van der Waals surface area contributed by atoms with E-state index in [1.807, 2.05) is 0 Å². The van der Waals surface area contributed by atoms with Crippen molar-refractivity contribution in [1.29, 1.82) is 0 Å². The van der Waals surface area contributed by atoms with Crippen LogP contribution in [0.15, 0.2) is 97.2 Å². The molecule has 3 N–H and O–H groups in total. The lowest BCUT2D eigenvalue weighted by Gasteiger charge is -2.21. The molecule has 0 aliphatic rings. The van der Waals surface area contributed by atoms with E-state index in [1.54, 1.807) is 0 Å². The molecule has 0 saturated heterocycles. The van der Waals surface area contributed by atoms with Gasteiger partial charge >= 0.3 is 39.5 Å². The van der Waals surface area contributed by atoms with Crippen molar-refractivity contribution in [3.05, 3.63) is 97.2 Å². The van der Waals surface area contributed by atoms with Crippen molar-refractivity contribution >= 4 is 39.5 Å². The zero-order chi connectivity index (χ0) is 76.0. The standard InChI is InChI=1S/C85H150O17P2/c1-5-9-13-17-21-25-29-33-36-38-39-41-43-47-50-54-58-62-66-70-83(88)96-76-81(102-85(90)72-68-64-60-56-52-48-44-40-37-34-30-26-22-18-14-10-6-2)78-100-104(93,94)98-74-79(86)73-97-103(91,92)99-77-80(101-84(89)71-67-63-59-55-51-45-32-28-24-20-16-12-8-4)75-95-82(87)69-65-61-57-53-49-46-42-35-31-27-23-19-15-11-7-3/h9-10,13-14,21-22,25-26,33-37,39,41-42,79-81,86H,5-8,11-12,15-20,23-24,27-32,38,40,43-78H2,1-4H3,(H,91,92)(H,93,94)/b13-9-,14-10-,25-21-,26-22-,36-33-,37-34-,41-39-,42-35-. The summed E-state index contributed by atoms with van der Waals surface area (Å²) in [5.41, 5.74) is 0. The zero-order valence-corrected chi connectivity index (χ0v) is 67.7. The number of phosphoric ester groups is 2. The van der Waals surface area contributed by atoms with Crippen molar-refractivity contribution in [3.8, 4) is 0 Å². The summed E-state index contributed by atoms with van der Waals surface area (Å²) in [4.78, 5) is 73.1. The van der Waals surface area contributed by atoms with E-state index in [4.69, 9.17) is 37.0 Å². The third-order valence-electron chi connectivity index (χ3n) is 17.5. The molecule has 0 heterocycles. The number of allylic oxidation sites excluding steroid dienone is 16. The molecule has 602 valence electrons. The molecular formula is C85H150O17P2. The van der Waals surface area contributed by atoms with E-state index in [1.165, 1.54) is 89.9 Å². The van der Waals surface area contributed by atoms with Crippen molar-refractivity contribution in [3.63, 3.8) is 0 Å². The lowest BCUT2D eigenvalue weighted by molar-refractivity contribution is -0.161. The van der Waals surface area contributed by atoms with E-state index in [2.05, 4.69) is 125 Å². The van der Waals surface area contributed by atoms with Crippen LogP contribution in [0.25, 0.3) is 0 Å². The van der Waals surface area contributed by atoms with Gasteiger partial charge in [-0.25, -0.2) is 9.13 Å². The highest BCUT2D eigenvalue weighted by Crippen LogP contribution is 2.45. The molecule has 5 atom stereocenters.